The van der Waals surface area contributed by atoms with Crippen molar-refractivity contribution >= 4 is 15.7 Å². The van der Waals surface area contributed by atoms with Crippen LogP contribution in [0.5, 0.6) is 0 Å². The van der Waals surface area contributed by atoms with E-state index >= 15 is 0 Å². The normalized spacial score (nSPS) is 23.6. The summed E-state index contributed by atoms with van der Waals surface area (Å²) in [5.74, 6) is 0.0313. The van der Waals surface area contributed by atoms with Crippen LogP contribution in [0.2, 0.25) is 0 Å². The fourth-order valence-electron chi connectivity index (χ4n) is 3.44. The molecule has 2 rings (SSSR count). The molecule has 1 saturated heterocycles. The lowest BCUT2D eigenvalue weighted by Crippen LogP contribution is -2.42. The SMILES string of the molecule is CCCN(C(=O)CCS(=O)(=O)C1CCCC1)C1CCNC1. The summed E-state index contributed by atoms with van der Waals surface area (Å²) < 4.78 is 24.5. The van der Waals surface area contributed by atoms with Crippen molar-refractivity contribution in [1.82, 2.24) is 10.2 Å². The third kappa shape index (κ3) is 4.42. The van der Waals surface area contributed by atoms with Crippen LogP contribution in [-0.4, -0.2) is 55.9 Å². The Hall–Kier alpha value is -0.620. The summed E-state index contributed by atoms with van der Waals surface area (Å²) in [5, 5.41) is 3.07. The van der Waals surface area contributed by atoms with Gasteiger partial charge in [0.1, 0.15) is 0 Å². The van der Waals surface area contributed by atoms with E-state index in [2.05, 4.69) is 12.2 Å². The van der Waals surface area contributed by atoms with E-state index in [9.17, 15) is 13.2 Å². The van der Waals surface area contributed by atoms with Crippen LogP contribution in [0.4, 0.5) is 0 Å². The van der Waals surface area contributed by atoms with Crippen LogP contribution >= 0.6 is 0 Å². The molecule has 1 unspecified atom stereocenters. The molecule has 21 heavy (non-hydrogen) atoms. The summed E-state index contributed by atoms with van der Waals surface area (Å²) in [7, 11) is -3.09. The lowest BCUT2D eigenvalue weighted by atomic mass is 10.2. The van der Waals surface area contributed by atoms with Crippen LogP contribution in [0.3, 0.4) is 0 Å². The second-order valence-corrected chi connectivity index (χ2v) is 8.66. The molecule has 5 nitrogen and oxygen atoms in total. The summed E-state index contributed by atoms with van der Waals surface area (Å²) in [6.07, 6.45) is 5.61. The molecule has 1 heterocycles. The van der Waals surface area contributed by atoms with Crippen LogP contribution in [0, 0.1) is 0 Å². The maximum Gasteiger partial charge on any atom is 0.223 e. The average molecular weight is 316 g/mol. The third-order valence-electron chi connectivity index (χ3n) is 4.67. The number of carbonyl (C=O) groups is 1. The number of carbonyl (C=O) groups excluding carboxylic acids is 1. The van der Waals surface area contributed by atoms with Crippen molar-refractivity contribution in [3.05, 3.63) is 0 Å². The summed E-state index contributed by atoms with van der Waals surface area (Å²) in [4.78, 5) is 14.3. The highest BCUT2D eigenvalue weighted by Gasteiger charge is 2.31. The molecular formula is C15H28N2O3S. The predicted molar refractivity (Wildman–Crippen MR) is 83.9 cm³/mol. The topological polar surface area (TPSA) is 66.5 Å². The summed E-state index contributed by atoms with van der Waals surface area (Å²) in [6.45, 7) is 4.56. The molecule has 0 aromatic heterocycles. The zero-order valence-electron chi connectivity index (χ0n) is 13.0. The number of hydrogen-bond donors (Lipinski definition) is 1. The Morgan fingerprint density at radius 2 is 1.95 bits per heavy atom. The molecular weight excluding hydrogens is 288 g/mol. The number of hydrogen-bond acceptors (Lipinski definition) is 4. The standard InChI is InChI=1S/C15H28N2O3S/c1-2-10-17(13-7-9-16-12-13)15(18)8-11-21(19,20)14-5-3-4-6-14/h13-14,16H,2-12H2,1H3. The number of amides is 1. The Morgan fingerprint density at radius 1 is 1.24 bits per heavy atom. The first-order chi connectivity index (χ1) is 10.0. The van der Waals surface area contributed by atoms with E-state index in [1.165, 1.54) is 0 Å². The lowest BCUT2D eigenvalue weighted by Gasteiger charge is -2.28. The largest absolute Gasteiger partial charge is 0.338 e. The molecule has 122 valence electrons. The Morgan fingerprint density at radius 3 is 2.52 bits per heavy atom. The monoisotopic (exact) mass is 316 g/mol. The minimum atomic E-state index is -3.09. The van der Waals surface area contributed by atoms with Crippen molar-refractivity contribution in [3.8, 4) is 0 Å². The zero-order valence-corrected chi connectivity index (χ0v) is 13.8. The number of nitrogens with zero attached hydrogens (tertiary/aromatic N) is 1. The smallest absolute Gasteiger partial charge is 0.223 e. The molecule has 2 fully saturated rings. The summed E-state index contributed by atoms with van der Waals surface area (Å²) >= 11 is 0. The Balaban J connectivity index is 1.89. The molecule has 0 aromatic carbocycles. The van der Waals surface area contributed by atoms with Gasteiger partial charge < -0.3 is 10.2 Å². The molecule has 1 aliphatic heterocycles. The van der Waals surface area contributed by atoms with Gasteiger partial charge in [-0.05, 0) is 32.2 Å². The highest BCUT2D eigenvalue weighted by atomic mass is 32.2. The Kier molecular flexibility index (Phi) is 6.05. The number of rotatable bonds is 7. The highest BCUT2D eigenvalue weighted by Crippen LogP contribution is 2.25. The number of nitrogens with one attached hydrogen (secondary N) is 1. The first kappa shape index (κ1) is 16.7. The van der Waals surface area contributed by atoms with Gasteiger partial charge in [0.05, 0.1) is 11.0 Å². The Labute approximate surface area is 128 Å². The predicted octanol–water partition coefficient (Wildman–Crippen LogP) is 1.33. The van der Waals surface area contributed by atoms with Crippen molar-refractivity contribution in [2.45, 2.75) is 63.2 Å². The molecule has 1 atom stereocenters. The molecule has 1 amide bonds. The summed E-state index contributed by atoms with van der Waals surface area (Å²) in [5.41, 5.74) is 0. The first-order valence-electron chi connectivity index (χ1n) is 8.26. The van der Waals surface area contributed by atoms with Gasteiger partial charge in [-0.15, -0.1) is 0 Å². The minimum Gasteiger partial charge on any atom is -0.338 e. The minimum absolute atomic E-state index is 0.00659. The van der Waals surface area contributed by atoms with E-state index in [0.29, 0.717) is 0 Å². The van der Waals surface area contributed by atoms with E-state index in [0.717, 1.165) is 58.2 Å². The summed E-state index contributed by atoms with van der Waals surface area (Å²) in [6, 6.07) is 0.242. The molecule has 0 radical (unpaired) electrons. The molecule has 0 bridgehead atoms. The fraction of sp³-hybridized carbons (Fsp3) is 0.933. The molecule has 2 aliphatic rings. The van der Waals surface area contributed by atoms with Crippen molar-refractivity contribution < 1.29 is 13.2 Å². The van der Waals surface area contributed by atoms with Gasteiger partial charge in [0, 0.05) is 25.6 Å². The third-order valence-corrected chi connectivity index (χ3v) is 6.93. The van der Waals surface area contributed by atoms with Crippen LogP contribution < -0.4 is 5.32 Å². The quantitative estimate of drug-likeness (QED) is 0.769. The van der Waals surface area contributed by atoms with Gasteiger partial charge in [-0.2, -0.15) is 0 Å². The van der Waals surface area contributed by atoms with Gasteiger partial charge in [-0.3, -0.25) is 4.79 Å². The van der Waals surface area contributed by atoms with Crippen molar-refractivity contribution in [1.29, 1.82) is 0 Å². The Bertz CT molecular complexity index is 438. The molecule has 1 saturated carbocycles. The van der Waals surface area contributed by atoms with Gasteiger partial charge in [0.2, 0.25) is 5.91 Å². The van der Waals surface area contributed by atoms with Crippen molar-refractivity contribution in [3.63, 3.8) is 0 Å². The lowest BCUT2D eigenvalue weighted by molar-refractivity contribution is -0.132. The van der Waals surface area contributed by atoms with Gasteiger partial charge >= 0.3 is 0 Å². The van der Waals surface area contributed by atoms with E-state index in [4.69, 9.17) is 0 Å². The van der Waals surface area contributed by atoms with Gasteiger partial charge in [0.25, 0.3) is 0 Å². The fourth-order valence-corrected chi connectivity index (χ4v) is 5.29. The van der Waals surface area contributed by atoms with Crippen LogP contribution in [0.1, 0.15) is 51.9 Å². The van der Waals surface area contributed by atoms with Gasteiger partial charge in [0.15, 0.2) is 9.84 Å². The zero-order chi connectivity index (χ0) is 15.3. The highest BCUT2D eigenvalue weighted by molar-refractivity contribution is 7.92. The maximum absolute atomic E-state index is 12.4. The molecule has 6 heteroatoms. The average Bonchev–Trinajstić information content (AvgIpc) is 3.14. The second-order valence-electron chi connectivity index (χ2n) is 6.26. The van der Waals surface area contributed by atoms with E-state index in [-0.39, 0.29) is 29.4 Å². The van der Waals surface area contributed by atoms with Crippen LogP contribution in [0.25, 0.3) is 0 Å². The number of sulfone groups is 1. The van der Waals surface area contributed by atoms with E-state index < -0.39 is 9.84 Å². The van der Waals surface area contributed by atoms with E-state index in [1.807, 2.05) is 4.90 Å². The first-order valence-corrected chi connectivity index (χ1v) is 9.98. The molecule has 1 N–H and O–H groups in total. The second kappa shape index (κ2) is 7.58. The van der Waals surface area contributed by atoms with E-state index in [1.54, 1.807) is 0 Å². The maximum atomic E-state index is 12.4. The van der Waals surface area contributed by atoms with Crippen molar-refractivity contribution in [2.24, 2.45) is 0 Å². The molecule has 1 aliphatic carbocycles. The van der Waals surface area contributed by atoms with Crippen LogP contribution in [-0.2, 0) is 14.6 Å². The van der Waals surface area contributed by atoms with Gasteiger partial charge in [-0.1, -0.05) is 19.8 Å². The molecule has 0 aromatic rings. The van der Waals surface area contributed by atoms with Gasteiger partial charge in [-0.25, -0.2) is 8.42 Å². The van der Waals surface area contributed by atoms with Crippen LogP contribution in [0.15, 0.2) is 0 Å². The molecule has 0 spiro atoms. The van der Waals surface area contributed by atoms with Crippen molar-refractivity contribution in [2.75, 3.05) is 25.4 Å².